The van der Waals surface area contributed by atoms with Crippen LogP contribution >= 0.6 is 11.8 Å². The van der Waals surface area contributed by atoms with Gasteiger partial charge in [0.1, 0.15) is 6.04 Å². The first-order chi connectivity index (χ1) is 16.7. The van der Waals surface area contributed by atoms with E-state index in [1.54, 1.807) is 47.7 Å². The van der Waals surface area contributed by atoms with Crippen molar-refractivity contribution in [2.24, 2.45) is 17.8 Å². The van der Waals surface area contributed by atoms with E-state index >= 15 is 0 Å². The van der Waals surface area contributed by atoms with Crippen LogP contribution in [0.4, 0.5) is 0 Å². The monoisotopic (exact) mass is 503 g/mol. The van der Waals surface area contributed by atoms with Gasteiger partial charge in [0.15, 0.2) is 0 Å². The number of likely N-dealkylation sites (N-methyl/N-ethyl adjacent to an activating group) is 1. The van der Waals surface area contributed by atoms with Crippen LogP contribution in [0.5, 0.6) is 0 Å². The van der Waals surface area contributed by atoms with Crippen molar-refractivity contribution >= 4 is 29.5 Å². The molecule has 7 atom stereocenters. The topological polar surface area (TPSA) is 81.2 Å². The zero-order valence-electron chi connectivity index (χ0n) is 21.4. The van der Waals surface area contributed by atoms with Crippen molar-refractivity contribution in [2.75, 3.05) is 26.7 Å². The zero-order chi connectivity index (χ0) is 25.5. The molecule has 4 fully saturated rings. The van der Waals surface area contributed by atoms with Gasteiger partial charge in [-0.2, -0.15) is 0 Å². The normalized spacial score (nSPS) is 35.0. The Kier molecular flexibility index (Phi) is 7.72. The lowest BCUT2D eigenvalue weighted by atomic mass is 9.65. The van der Waals surface area contributed by atoms with Gasteiger partial charge in [-0.15, -0.1) is 24.9 Å². The summed E-state index contributed by atoms with van der Waals surface area (Å²) in [6.07, 6.45) is 9.58. The van der Waals surface area contributed by atoms with Crippen molar-refractivity contribution in [2.45, 2.75) is 80.5 Å². The molecule has 0 aromatic carbocycles. The van der Waals surface area contributed by atoms with Crippen LogP contribution < -0.4 is 0 Å². The number of hydrogen-bond acceptors (Lipinski definition) is 5. The molecular weight excluding hydrogens is 462 g/mol. The van der Waals surface area contributed by atoms with Crippen LogP contribution in [0, 0.1) is 17.8 Å². The van der Waals surface area contributed by atoms with E-state index in [-0.39, 0.29) is 41.5 Å². The summed E-state index contributed by atoms with van der Waals surface area (Å²) in [5, 5.41) is 10.1. The molecule has 1 N–H and O–H groups in total. The highest BCUT2D eigenvalue weighted by Crippen LogP contribution is 2.69. The lowest BCUT2D eigenvalue weighted by Gasteiger charge is -2.44. The van der Waals surface area contributed by atoms with Crippen molar-refractivity contribution in [3.05, 3.63) is 25.3 Å². The smallest absolute Gasteiger partial charge is 0.247 e. The Morgan fingerprint density at radius 3 is 2.46 bits per heavy atom. The van der Waals surface area contributed by atoms with Crippen molar-refractivity contribution < 1.29 is 19.5 Å². The van der Waals surface area contributed by atoms with E-state index in [9.17, 15) is 19.5 Å². The Bertz CT molecular complexity index is 874. The number of thioether (sulfide) groups is 1. The van der Waals surface area contributed by atoms with E-state index in [0.29, 0.717) is 13.1 Å². The van der Waals surface area contributed by atoms with E-state index in [1.807, 2.05) is 4.90 Å². The van der Waals surface area contributed by atoms with Gasteiger partial charge in [0.05, 0.1) is 29.2 Å². The van der Waals surface area contributed by atoms with Gasteiger partial charge in [-0.3, -0.25) is 14.4 Å². The predicted molar refractivity (Wildman–Crippen MR) is 139 cm³/mol. The molecule has 7 nitrogen and oxygen atoms in total. The molecule has 1 aliphatic carbocycles. The molecule has 194 valence electrons. The maximum atomic E-state index is 14.5. The van der Waals surface area contributed by atoms with Gasteiger partial charge in [-0.25, -0.2) is 0 Å². The summed E-state index contributed by atoms with van der Waals surface area (Å²) < 4.78 is -0.661. The van der Waals surface area contributed by atoms with E-state index in [1.165, 1.54) is 6.42 Å². The standard InChI is InChI=1S/C27H41N3O4S/c1-6-13-28(5)24(32)21-20-15-17(3)27(35-20)22(21)25(33)30(18(4)16-31)23(27)26(34)29(14-7-2)19-11-9-8-10-12-19/h6-7,17-23,31H,1-2,8-16H2,3-5H3/t17?,18-,20+,21-,22+,23?,27?/m1/s1. The summed E-state index contributed by atoms with van der Waals surface area (Å²) in [5.41, 5.74) is 0. The van der Waals surface area contributed by atoms with Crippen molar-refractivity contribution in [1.82, 2.24) is 14.7 Å². The van der Waals surface area contributed by atoms with Gasteiger partial charge < -0.3 is 19.8 Å². The van der Waals surface area contributed by atoms with Crippen LogP contribution in [0.1, 0.15) is 52.4 Å². The third-order valence-electron chi connectivity index (χ3n) is 8.85. The van der Waals surface area contributed by atoms with Gasteiger partial charge in [0.25, 0.3) is 0 Å². The Balaban J connectivity index is 1.77. The van der Waals surface area contributed by atoms with Crippen LogP contribution in [0.15, 0.2) is 25.3 Å². The Morgan fingerprint density at radius 1 is 1.20 bits per heavy atom. The van der Waals surface area contributed by atoms with E-state index in [4.69, 9.17) is 0 Å². The first kappa shape index (κ1) is 26.3. The molecule has 2 bridgehead atoms. The number of aliphatic hydroxyl groups excluding tert-OH is 1. The number of carbonyl (C=O) groups is 3. The minimum absolute atomic E-state index is 0.0168. The molecular formula is C27H41N3O4S. The molecule has 4 aliphatic rings. The number of nitrogens with zero attached hydrogens (tertiary/aromatic N) is 3. The fraction of sp³-hybridized carbons (Fsp3) is 0.741. The second-order valence-electron chi connectivity index (χ2n) is 10.9. The summed E-state index contributed by atoms with van der Waals surface area (Å²) in [6.45, 7) is 12.2. The van der Waals surface area contributed by atoms with Crippen molar-refractivity contribution in [3.63, 3.8) is 0 Å². The maximum absolute atomic E-state index is 14.5. The van der Waals surface area contributed by atoms with Gasteiger partial charge in [-0.05, 0) is 32.1 Å². The molecule has 3 aliphatic heterocycles. The van der Waals surface area contributed by atoms with E-state index in [0.717, 1.165) is 32.1 Å². The average molecular weight is 504 g/mol. The number of likely N-dealkylation sites (tertiary alicyclic amines) is 1. The highest BCUT2D eigenvalue weighted by atomic mass is 32.2. The lowest BCUT2D eigenvalue weighted by Crippen LogP contribution is -2.60. The minimum atomic E-state index is -0.684. The summed E-state index contributed by atoms with van der Waals surface area (Å²) >= 11 is 1.69. The van der Waals surface area contributed by atoms with Gasteiger partial charge in [-0.1, -0.05) is 38.3 Å². The van der Waals surface area contributed by atoms with Crippen molar-refractivity contribution in [1.29, 1.82) is 0 Å². The second-order valence-corrected chi connectivity index (χ2v) is 12.5. The molecule has 4 rings (SSSR count). The molecule has 3 unspecified atom stereocenters. The Hall–Kier alpha value is -1.80. The maximum Gasteiger partial charge on any atom is 0.247 e. The van der Waals surface area contributed by atoms with Crippen LogP contribution in [0.3, 0.4) is 0 Å². The fourth-order valence-corrected chi connectivity index (χ4v) is 9.62. The van der Waals surface area contributed by atoms with Crippen LogP contribution in [0.25, 0.3) is 0 Å². The average Bonchev–Trinajstić information content (AvgIpc) is 3.45. The van der Waals surface area contributed by atoms with E-state index in [2.05, 4.69) is 20.1 Å². The third-order valence-corrected chi connectivity index (χ3v) is 10.9. The second kappa shape index (κ2) is 10.3. The van der Waals surface area contributed by atoms with Gasteiger partial charge >= 0.3 is 0 Å². The molecule has 8 heteroatoms. The van der Waals surface area contributed by atoms with Gasteiger partial charge in [0.2, 0.25) is 17.7 Å². The number of fused-ring (bicyclic) bond motifs is 1. The SMILES string of the molecule is C=CCN(C)C(=O)[C@@H]1[C@@H]2CC(C)C3(S2)C(C(=O)N(CC=C)C2CCCCC2)N([C@H](C)CO)C(=O)[C@H]13. The quantitative estimate of drug-likeness (QED) is 0.490. The third kappa shape index (κ3) is 4.05. The molecule has 3 saturated heterocycles. The first-order valence-electron chi connectivity index (χ1n) is 13.1. The molecule has 1 saturated carbocycles. The molecule has 3 amide bonds. The number of hydrogen-bond donors (Lipinski definition) is 1. The molecule has 0 aromatic rings. The lowest BCUT2D eigenvalue weighted by molar-refractivity contribution is -0.147. The molecule has 35 heavy (non-hydrogen) atoms. The first-order valence-corrected chi connectivity index (χ1v) is 14.0. The summed E-state index contributed by atoms with van der Waals surface area (Å²) in [7, 11) is 1.75. The number of amides is 3. The van der Waals surface area contributed by atoms with Crippen molar-refractivity contribution in [3.8, 4) is 0 Å². The molecule has 0 radical (unpaired) electrons. The number of aliphatic hydroxyl groups is 1. The fourth-order valence-electron chi connectivity index (χ4n) is 7.23. The summed E-state index contributed by atoms with van der Waals surface area (Å²) in [4.78, 5) is 47.4. The Morgan fingerprint density at radius 2 is 1.86 bits per heavy atom. The molecule has 0 aromatic heterocycles. The largest absolute Gasteiger partial charge is 0.394 e. The summed E-state index contributed by atoms with van der Waals surface area (Å²) in [5.74, 6) is -1.14. The molecule has 1 spiro atoms. The summed E-state index contributed by atoms with van der Waals surface area (Å²) in [6, 6.07) is -1.04. The van der Waals surface area contributed by atoms with Crippen LogP contribution in [0.2, 0.25) is 0 Å². The highest BCUT2D eigenvalue weighted by Gasteiger charge is 2.76. The number of rotatable bonds is 9. The zero-order valence-corrected chi connectivity index (χ0v) is 22.2. The van der Waals surface area contributed by atoms with Gasteiger partial charge in [0, 0.05) is 31.4 Å². The van der Waals surface area contributed by atoms with Crippen LogP contribution in [-0.2, 0) is 14.4 Å². The number of carbonyl (C=O) groups excluding carboxylic acids is 3. The molecule has 3 heterocycles. The predicted octanol–water partition coefficient (Wildman–Crippen LogP) is 2.70. The Labute approximate surface area is 214 Å². The minimum Gasteiger partial charge on any atom is -0.394 e. The highest BCUT2D eigenvalue weighted by molar-refractivity contribution is 8.02. The van der Waals surface area contributed by atoms with Crippen LogP contribution in [-0.4, -0.2) is 92.4 Å². The van der Waals surface area contributed by atoms with E-state index < -0.39 is 28.7 Å².